The first-order valence-electron chi connectivity index (χ1n) is 5.49. The van der Waals surface area contributed by atoms with Crippen molar-refractivity contribution in [3.05, 3.63) is 46.8 Å². The zero-order valence-electron chi connectivity index (χ0n) is 9.09. The maximum absolute atomic E-state index is 2.52. The molecule has 0 nitrogen and oxygen atoms in total. The van der Waals surface area contributed by atoms with Crippen molar-refractivity contribution in [3.8, 4) is 0 Å². The third-order valence-electron chi connectivity index (χ3n) is 3.67. The summed E-state index contributed by atoms with van der Waals surface area (Å²) in [6.07, 6.45) is 16.1. The average Bonchev–Trinajstić information content (AvgIpc) is 2.88. The maximum atomic E-state index is 2.52. The van der Waals surface area contributed by atoms with Gasteiger partial charge < -0.3 is 0 Å². The quantitative estimate of drug-likeness (QED) is 0.627. The summed E-state index contributed by atoms with van der Waals surface area (Å²) in [7, 11) is -1.26. The van der Waals surface area contributed by atoms with Crippen LogP contribution >= 0.6 is 0 Å². The fourth-order valence-corrected chi connectivity index (χ4v) is 5.76. The van der Waals surface area contributed by atoms with Crippen molar-refractivity contribution in [2.24, 2.45) is 0 Å². The van der Waals surface area contributed by atoms with Gasteiger partial charge in [-0.15, -0.1) is 0 Å². The average molecular weight is 210 g/mol. The SMILES string of the molecule is CC[Si](C)(C1=CC=CC1)C1=CC=CC1.[LiH]. The molecule has 2 aliphatic rings. The van der Waals surface area contributed by atoms with Gasteiger partial charge in [-0.1, -0.05) is 66.4 Å². The van der Waals surface area contributed by atoms with E-state index in [1.165, 1.54) is 18.9 Å². The summed E-state index contributed by atoms with van der Waals surface area (Å²) in [5.74, 6) is 0. The molecule has 2 aliphatic carbocycles. The minimum atomic E-state index is -1.26. The van der Waals surface area contributed by atoms with Crippen LogP contribution in [0.3, 0.4) is 0 Å². The van der Waals surface area contributed by atoms with Gasteiger partial charge in [0.25, 0.3) is 0 Å². The molecule has 0 aliphatic heterocycles. The topological polar surface area (TPSA) is 0 Å². The van der Waals surface area contributed by atoms with Crippen molar-refractivity contribution < 1.29 is 0 Å². The molecular weight excluding hydrogens is 191 g/mol. The van der Waals surface area contributed by atoms with Crippen LogP contribution in [0.15, 0.2) is 46.8 Å². The Morgan fingerprint density at radius 1 is 1.07 bits per heavy atom. The molecule has 0 spiro atoms. The van der Waals surface area contributed by atoms with E-state index in [2.05, 4.69) is 49.9 Å². The van der Waals surface area contributed by atoms with Gasteiger partial charge >= 0.3 is 18.9 Å². The molecule has 0 N–H and O–H groups in total. The monoisotopic (exact) mass is 210 g/mol. The van der Waals surface area contributed by atoms with E-state index in [4.69, 9.17) is 0 Å². The Morgan fingerprint density at radius 2 is 1.53 bits per heavy atom. The molecule has 0 atom stereocenters. The van der Waals surface area contributed by atoms with Crippen LogP contribution in [-0.4, -0.2) is 26.9 Å². The predicted octanol–water partition coefficient (Wildman–Crippen LogP) is 3.29. The molecular formula is C13H19LiSi. The van der Waals surface area contributed by atoms with Crippen LogP contribution in [0.25, 0.3) is 0 Å². The van der Waals surface area contributed by atoms with Crippen LogP contribution in [0.4, 0.5) is 0 Å². The van der Waals surface area contributed by atoms with Gasteiger partial charge in [0.1, 0.15) is 8.07 Å². The van der Waals surface area contributed by atoms with E-state index in [1.54, 1.807) is 10.4 Å². The third kappa shape index (κ3) is 2.31. The van der Waals surface area contributed by atoms with Crippen LogP contribution in [0.1, 0.15) is 19.8 Å². The molecule has 0 aromatic heterocycles. The van der Waals surface area contributed by atoms with Crippen molar-refractivity contribution in [1.82, 2.24) is 0 Å². The van der Waals surface area contributed by atoms with E-state index in [1.807, 2.05) is 0 Å². The number of hydrogen-bond donors (Lipinski definition) is 0. The summed E-state index contributed by atoms with van der Waals surface area (Å²) < 4.78 is 0. The molecule has 0 amide bonds. The van der Waals surface area contributed by atoms with Gasteiger partial charge in [0.2, 0.25) is 0 Å². The fourth-order valence-electron chi connectivity index (χ4n) is 2.37. The standard InChI is InChI=1S/C13H18Si.Li.H/c1-3-14(2,12-8-4-5-9-12)13-10-6-7-11-13;;/h4-8,10H,3,9,11H2,1-2H3;;. The Bertz CT molecular complexity index is 318. The Morgan fingerprint density at radius 3 is 1.80 bits per heavy atom. The van der Waals surface area contributed by atoms with Gasteiger partial charge in [0, 0.05) is 0 Å². The molecule has 0 unspecified atom stereocenters. The molecule has 0 aromatic carbocycles. The molecule has 76 valence electrons. The predicted molar refractivity (Wildman–Crippen MR) is 72.9 cm³/mol. The second kappa shape index (κ2) is 5.21. The minimum absolute atomic E-state index is 0. The van der Waals surface area contributed by atoms with E-state index in [-0.39, 0.29) is 18.9 Å². The van der Waals surface area contributed by atoms with E-state index in [9.17, 15) is 0 Å². The molecule has 0 aromatic rings. The Balaban J connectivity index is 0.00000112. The summed E-state index contributed by atoms with van der Waals surface area (Å²) >= 11 is 0. The Hall–Kier alpha value is -0.226. The van der Waals surface area contributed by atoms with Crippen LogP contribution in [-0.2, 0) is 0 Å². The molecule has 0 heterocycles. The van der Waals surface area contributed by atoms with E-state index < -0.39 is 8.07 Å². The van der Waals surface area contributed by atoms with Gasteiger partial charge in [-0.25, -0.2) is 0 Å². The van der Waals surface area contributed by atoms with Gasteiger partial charge in [-0.05, 0) is 12.8 Å². The summed E-state index contributed by atoms with van der Waals surface area (Å²) in [4.78, 5) is 0. The first-order chi connectivity index (χ1) is 6.77. The van der Waals surface area contributed by atoms with Crippen LogP contribution < -0.4 is 0 Å². The van der Waals surface area contributed by atoms with Crippen molar-refractivity contribution >= 4 is 26.9 Å². The first kappa shape index (κ1) is 12.8. The van der Waals surface area contributed by atoms with Gasteiger partial charge in [0.05, 0.1) is 0 Å². The summed E-state index contributed by atoms with van der Waals surface area (Å²) in [6, 6.07) is 1.34. The molecule has 0 saturated carbocycles. The second-order valence-corrected chi connectivity index (χ2v) is 8.99. The molecule has 0 bridgehead atoms. The van der Waals surface area contributed by atoms with E-state index in [0.29, 0.717) is 0 Å². The third-order valence-corrected chi connectivity index (χ3v) is 8.66. The number of hydrogen-bond acceptors (Lipinski definition) is 0. The molecule has 15 heavy (non-hydrogen) atoms. The molecule has 0 saturated heterocycles. The van der Waals surface area contributed by atoms with E-state index >= 15 is 0 Å². The molecule has 2 rings (SSSR count). The molecule has 2 heteroatoms. The fraction of sp³-hybridized carbons (Fsp3) is 0.385. The Labute approximate surface area is 106 Å². The van der Waals surface area contributed by atoms with Crippen molar-refractivity contribution in [2.75, 3.05) is 0 Å². The van der Waals surface area contributed by atoms with Crippen molar-refractivity contribution in [3.63, 3.8) is 0 Å². The van der Waals surface area contributed by atoms with Crippen LogP contribution in [0.2, 0.25) is 12.6 Å². The van der Waals surface area contributed by atoms with Crippen LogP contribution in [0, 0.1) is 0 Å². The Kier molecular flexibility index (Phi) is 4.46. The van der Waals surface area contributed by atoms with Crippen LogP contribution in [0.5, 0.6) is 0 Å². The summed E-state index contributed by atoms with van der Waals surface area (Å²) in [5, 5.41) is 3.44. The van der Waals surface area contributed by atoms with Gasteiger partial charge in [-0.2, -0.15) is 0 Å². The molecule has 0 radical (unpaired) electrons. The zero-order valence-corrected chi connectivity index (χ0v) is 10.1. The van der Waals surface area contributed by atoms with Crippen molar-refractivity contribution in [2.45, 2.75) is 32.4 Å². The first-order valence-corrected chi connectivity index (χ1v) is 8.20. The summed E-state index contributed by atoms with van der Waals surface area (Å²) in [6.45, 7) is 4.87. The van der Waals surface area contributed by atoms with Gasteiger partial charge in [0.15, 0.2) is 0 Å². The zero-order chi connectivity index (χ0) is 10.0. The van der Waals surface area contributed by atoms with Crippen molar-refractivity contribution in [1.29, 1.82) is 0 Å². The van der Waals surface area contributed by atoms with Gasteiger partial charge in [-0.3, -0.25) is 0 Å². The summed E-state index contributed by atoms with van der Waals surface area (Å²) in [5.41, 5.74) is 0. The second-order valence-electron chi connectivity index (χ2n) is 4.33. The van der Waals surface area contributed by atoms with E-state index in [0.717, 1.165) is 0 Å². The normalized spacial score (nSPS) is 18.8. The number of allylic oxidation sites excluding steroid dienone is 8. The number of rotatable bonds is 3. The molecule has 0 fully saturated rings.